The first-order valence-corrected chi connectivity index (χ1v) is 7.56. The van der Waals surface area contributed by atoms with Crippen molar-refractivity contribution >= 4 is 22.9 Å². The van der Waals surface area contributed by atoms with E-state index in [0.29, 0.717) is 6.04 Å². The minimum atomic E-state index is 0.389. The molecule has 0 spiro atoms. The molecule has 1 N–H and O–H groups in total. The van der Waals surface area contributed by atoms with Crippen molar-refractivity contribution < 1.29 is 0 Å². The number of aryl methyl sites for hydroxylation is 2. The van der Waals surface area contributed by atoms with E-state index in [1.807, 2.05) is 6.92 Å². The summed E-state index contributed by atoms with van der Waals surface area (Å²) < 4.78 is 4.02. The van der Waals surface area contributed by atoms with Crippen molar-refractivity contribution in [3.05, 3.63) is 33.0 Å². The van der Waals surface area contributed by atoms with E-state index in [9.17, 15) is 0 Å². The van der Waals surface area contributed by atoms with E-state index in [-0.39, 0.29) is 0 Å². The largest absolute Gasteiger partial charge is 0.309 e. The highest BCUT2D eigenvalue weighted by Crippen LogP contribution is 2.24. The Hall–Kier alpha value is -0.780. The molecular weight excluding hydrogens is 250 g/mol. The van der Waals surface area contributed by atoms with Crippen LogP contribution >= 0.6 is 22.9 Å². The van der Waals surface area contributed by atoms with Crippen LogP contribution < -0.4 is 5.32 Å². The Labute approximate surface area is 110 Å². The molecule has 0 aromatic carbocycles. The van der Waals surface area contributed by atoms with Crippen LogP contribution in [0, 0.1) is 6.92 Å². The predicted molar refractivity (Wildman–Crippen MR) is 73.7 cm³/mol. The first kappa shape index (κ1) is 12.7. The molecule has 2 aromatic rings. The molecule has 0 fully saturated rings. The predicted octanol–water partition coefficient (Wildman–Crippen LogP) is 3.19. The Morgan fingerprint density at radius 3 is 2.94 bits per heavy atom. The van der Waals surface area contributed by atoms with Crippen LogP contribution in [0.1, 0.15) is 35.5 Å². The lowest BCUT2D eigenvalue weighted by atomic mass is 10.1. The van der Waals surface area contributed by atoms with Crippen molar-refractivity contribution in [3.63, 3.8) is 0 Å². The minimum absolute atomic E-state index is 0.389. The molecule has 0 aliphatic heterocycles. The lowest BCUT2D eigenvalue weighted by Crippen LogP contribution is -2.21. The Morgan fingerprint density at radius 1 is 1.47 bits per heavy atom. The van der Waals surface area contributed by atoms with Crippen molar-refractivity contribution in [3.8, 4) is 0 Å². The van der Waals surface area contributed by atoms with Gasteiger partial charge < -0.3 is 5.32 Å². The van der Waals surface area contributed by atoms with Gasteiger partial charge in [0, 0.05) is 6.04 Å². The van der Waals surface area contributed by atoms with Gasteiger partial charge in [0.15, 0.2) is 0 Å². The summed E-state index contributed by atoms with van der Waals surface area (Å²) in [5.74, 6) is 0. The summed E-state index contributed by atoms with van der Waals surface area (Å²) in [6.07, 6.45) is 2.22. The molecule has 5 heteroatoms. The molecule has 3 nitrogen and oxygen atoms in total. The zero-order chi connectivity index (χ0) is 12.1. The van der Waals surface area contributed by atoms with Gasteiger partial charge in [-0.25, -0.2) is 0 Å². The Balaban J connectivity index is 2.00. The molecule has 92 valence electrons. The molecule has 1 atom stereocenters. The summed E-state index contributed by atoms with van der Waals surface area (Å²) >= 11 is 3.28. The third-order valence-electron chi connectivity index (χ3n) is 2.76. The van der Waals surface area contributed by atoms with Crippen LogP contribution in [0.3, 0.4) is 0 Å². The topological polar surface area (TPSA) is 37.8 Å². The fourth-order valence-corrected chi connectivity index (χ4v) is 3.33. The van der Waals surface area contributed by atoms with Gasteiger partial charge in [0.25, 0.3) is 0 Å². The molecule has 0 bridgehead atoms. The molecule has 1 unspecified atom stereocenters. The van der Waals surface area contributed by atoms with Crippen LogP contribution in [-0.4, -0.2) is 16.1 Å². The van der Waals surface area contributed by atoms with Crippen LogP contribution in [-0.2, 0) is 6.42 Å². The zero-order valence-electron chi connectivity index (χ0n) is 10.1. The Kier molecular flexibility index (Phi) is 4.65. The summed E-state index contributed by atoms with van der Waals surface area (Å²) in [5.41, 5.74) is 2.49. The lowest BCUT2D eigenvalue weighted by Gasteiger charge is -2.15. The number of nitrogens with one attached hydrogen (secondary N) is 1. The van der Waals surface area contributed by atoms with Crippen LogP contribution in [0.15, 0.2) is 16.8 Å². The van der Waals surface area contributed by atoms with E-state index in [1.165, 1.54) is 22.0 Å². The van der Waals surface area contributed by atoms with E-state index in [1.54, 1.807) is 11.3 Å². The van der Waals surface area contributed by atoms with Crippen molar-refractivity contribution in [1.82, 2.24) is 14.9 Å². The SMILES string of the molecule is CCNC(CCc1ccsc1)c1snnc1C. The molecule has 2 heterocycles. The smallest absolute Gasteiger partial charge is 0.0772 e. The van der Waals surface area contributed by atoms with Gasteiger partial charge in [-0.05, 0) is 60.2 Å². The average molecular weight is 267 g/mol. The first-order valence-electron chi connectivity index (χ1n) is 5.84. The van der Waals surface area contributed by atoms with E-state index in [2.05, 4.69) is 38.7 Å². The molecular formula is C12H17N3S2. The molecule has 0 radical (unpaired) electrons. The molecule has 17 heavy (non-hydrogen) atoms. The van der Waals surface area contributed by atoms with E-state index < -0.39 is 0 Å². The van der Waals surface area contributed by atoms with Crippen molar-refractivity contribution in [1.29, 1.82) is 0 Å². The van der Waals surface area contributed by atoms with Crippen LogP contribution in [0.5, 0.6) is 0 Å². The number of thiophene rings is 1. The van der Waals surface area contributed by atoms with E-state index in [0.717, 1.165) is 25.1 Å². The highest BCUT2D eigenvalue weighted by Gasteiger charge is 2.16. The highest BCUT2D eigenvalue weighted by atomic mass is 32.1. The van der Waals surface area contributed by atoms with Crippen molar-refractivity contribution in [2.24, 2.45) is 0 Å². The molecule has 0 saturated carbocycles. The molecule has 0 saturated heterocycles. The average Bonchev–Trinajstić information content (AvgIpc) is 2.95. The number of nitrogens with zero attached hydrogens (tertiary/aromatic N) is 2. The molecule has 0 aliphatic carbocycles. The van der Waals surface area contributed by atoms with Crippen LogP contribution in [0.2, 0.25) is 0 Å². The van der Waals surface area contributed by atoms with Gasteiger partial charge in [-0.1, -0.05) is 11.4 Å². The maximum absolute atomic E-state index is 4.10. The van der Waals surface area contributed by atoms with Gasteiger partial charge in [-0.3, -0.25) is 0 Å². The second kappa shape index (κ2) is 6.23. The summed E-state index contributed by atoms with van der Waals surface area (Å²) in [5, 5.41) is 12.0. The number of aromatic nitrogens is 2. The number of rotatable bonds is 6. The summed E-state index contributed by atoms with van der Waals surface area (Å²) in [6, 6.07) is 2.59. The Morgan fingerprint density at radius 2 is 2.35 bits per heavy atom. The Bertz CT molecular complexity index is 436. The summed E-state index contributed by atoms with van der Waals surface area (Å²) in [6.45, 7) is 5.15. The van der Waals surface area contributed by atoms with Gasteiger partial charge >= 0.3 is 0 Å². The van der Waals surface area contributed by atoms with Crippen LogP contribution in [0.4, 0.5) is 0 Å². The van der Waals surface area contributed by atoms with Crippen molar-refractivity contribution in [2.75, 3.05) is 6.54 Å². The first-order chi connectivity index (χ1) is 8.31. The number of hydrogen-bond acceptors (Lipinski definition) is 5. The van der Waals surface area contributed by atoms with E-state index >= 15 is 0 Å². The maximum atomic E-state index is 4.10. The summed E-state index contributed by atoms with van der Waals surface area (Å²) in [7, 11) is 0. The second-order valence-electron chi connectivity index (χ2n) is 4.00. The fourth-order valence-electron chi connectivity index (χ4n) is 1.87. The van der Waals surface area contributed by atoms with Gasteiger partial charge in [-0.2, -0.15) is 11.3 Å². The third kappa shape index (κ3) is 3.34. The number of hydrogen-bond donors (Lipinski definition) is 1. The van der Waals surface area contributed by atoms with Gasteiger partial charge in [0.2, 0.25) is 0 Å². The monoisotopic (exact) mass is 267 g/mol. The summed E-state index contributed by atoms with van der Waals surface area (Å²) in [4.78, 5) is 1.28. The third-order valence-corrected chi connectivity index (χ3v) is 4.43. The standard InChI is InChI=1S/C12H17N3S2/c1-3-13-11(12-9(2)14-15-17-12)5-4-10-6-7-16-8-10/h6-8,11,13H,3-5H2,1-2H3. The quantitative estimate of drug-likeness (QED) is 0.873. The maximum Gasteiger partial charge on any atom is 0.0772 e. The second-order valence-corrected chi connectivity index (χ2v) is 5.57. The molecule has 0 aliphatic rings. The van der Waals surface area contributed by atoms with Gasteiger partial charge in [0.1, 0.15) is 0 Å². The van der Waals surface area contributed by atoms with Crippen molar-refractivity contribution in [2.45, 2.75) is 32.7 Å². The van der Waals surface area contributed by atoms with E-state index in [4.69, 9.17) is 0 Å². The van der Waals surface area contributed by atoms with Gasteiger partial charge in [-0.15, -0.1) is 5.10 Å². The molecule has 0 amide bonds. The van der Waals surface area contributed by atoms with Gasteiger partial charge in [0.05, 0.1) is 10.6 Å². The fraction of sp³-hybridized carbons (Fsp3) is 0.500. The molecule has 2 aromatic heterocycles. The van der Waals surface area contributed by atoms with Crippen LogP contribution in [0.25, 0.3) is 0 Å². The molecule has 2 rings (SSSR count). The minimum Gasteiger partial charge on any atom is -0.309 e. The highest BCUT2D eigenvalue weighted by molar-refractivity contribution is 7.08. The zero-order valence-corrected chi connectivity index (χ0v) is 11.8. The normalized spacial score (nSPS) is 12.8. The lowest BCUT2D eigenvalue weighted by molar-refractivity contribution is 0.520.